The molecule has 0 spiro atoms. The van der Waals surface area contributed by atoms with Crippen LogP contribution in [0.5, 0.6) is 5.75 Å². The van der Waals surface area contributed by atoms with Crippen molar-refractivity contribution in [2.24, 2.45) is 0 Å². The summed E-state index contributed by atoms with van der Waals surface area (Å²) in [7, 11) is -2.25. The molecule has 8 nitrogen and oxygen atoms in total. The number of sulfonamides is 1. The molecule has 0 aliphatic carbocycles. The molecule has 0 heterocycles. The van der Waals surface area contributed by atoms with Gasteiger partial charge in [-0.3, -0.25) is 0 Å². The second-order valence-corrected chi connectivity index (χ2v) is 9.47. The second-order valence-electron chi connectivity index (χ2n) is 7.79. The number of nitrogens with zero attached hydrogens (tertiary/aromatic N) is 1. The van der Waals surface area contributed by atoms with E-state index >= 15 is 0 Å². The Balaban J connectivity index is 2.11. The highest BCUT2D eigenvalue weighted by Gasteiger charge is 2.22. The van der Waals surface area contributed by atoms with Crippen LogP contribution in [0, 0.1) is 18.3 Å². The summed E-state index contributed by atoms with van der Waals surface area (Å²) >= 11 is 0. The summed E-state index contributed by atoms with van der Waals surface area (Å²) in [6.07, 6.45) is 0. The lowest BCUT2D eigenvalue weighted by Gasteiger charge is -2.21. The lowest BCUT2D eigenvalue weighted by Crippen LogP contribution is -2.40. The quantitative estimate of drug-likeness (QED) is 0.650. The van der Waals surface area contributed by atoms with E-state index in [1.165, 1.54) is 19.2 Å². The molecular weight excluding hydrogens is 404 g/mol. The van der Waals surface area contributed by atoms with Crippen molar-refractivity contribution in [3.8, 4) is 11.8 Å². The minimum atomic E-state index is -3.73. The van der Waals surface area contributed by atoms with Crippen molar-refractivity contribution in [2.45, 2.75) is 44.7 Å². The molecule has 0 atom stereocenters. The largest absolute Gasteiger partial charge is 0.495 e. The Hall–Kier alpha value is -3.09. The van der Waals surface area contributed by atoms with E-state index in [1.807, 2.05) is 6.07 Å². The Morgan fingerprint density at radius 2 is 1.87 bits per heavy atom. The highest BCUT2D eigenvalue weighted by molar-refractivity contribution is 7.89. The first-order valence-electron chi connectivity index (χ1n) is 9.21. The first-order chi connectivity index (χ1) is 13.9. The molecule has 0 bridgehead atoms. The maximum absolute atomic E-state index is 12.5. The molecule has 0 saturated heterocycles. The first kappa shape index (κ1) is 23.2. The number of aryl methyl sites for hydroxylation is 1. The van der Waals surface area contributed by atoms with Crippen LogP contribution >= 0.6 is 0 Å². The number of nitrogens with one attached hydrogen (secondary N) is 3. The van der Waals surface area contributed by atoms with Crippen LogP contribution in [-0.4, -0.2) is 27.1 Å². The van der Waals surface area contributed by atoms with E-state index in [2.05, 4.69) is 15.4 Å². The maximum atomic E-state index is 12.5. The Kier molecular flexibility index (Phi) is 7.08. The summed E-state index contributed by atoms with van der Waals surface area (Å²) in [5.74, 6) is 0.461. The number of ether oxygens (including phenoxy) is 1. The standard InChI is InChI=1S/C21H26N4O4S/c1-14-6-8-17(30(27,28)25-21(2,3)4)11-18(14)24-20(26)23-13-15-7-9-19(29-5)16(10-15)12-22/h6-11,25H,13H2,1-5H3,(H2,23,24,26). The monoisotopic (exact) mass is 430 g/mol. The van der Waals surface area contributed by atoms with Crippen molar-refractivity contribution in [1.82, 2.24) is 10.0 Å². The minimum absolute atomic E-state index is 0.0622. The molecule has 0 radical (unpaired) electrons. The fraction of sp³-hybridized carbons (Fsp3) is 0.333. The minimum Gasteiger partial charge on any atom is -0.495 e. The smallest absolute Gasteiger partial charge is 0.319 e. The number of carbonyl (C=O) groups excluding carboxylic acids is 1. The van der Waals surface area contributed by atoms with E-state index in [0.29, 0.717) is 17.0 Å². The number of carbonyl (C=O) groups is 1. The van der Waals surface area contributed by atoms with Gasteiger partial charge in [-0.2, -0.15) is 5.26 Å². The van der Waals surface area contributed by atoms with Gasteiger partial charge in [-0.1, -0.05) is 12.1 Å². The van der Waals surface area contributed by atoms with Gasteiger partial charge in [0.25, 0.3) is 0 Å². The van der Waals surface area contributed by atoms with Crippen LogP contribution in [0.2, 0.25) is 0 Å². The van der Waals surface area contributed by atoms with Crippen molar-refractivity contribution in [2.75, 3.05) is 12.4 Å². The van der Waals surface area contributed by atoms with Crippen molar-refractivity contribution in [3.05, 3.63) is 53.1 Å². The van der Waals surface area contributed by atoms with E-state index in [0.717, 1.165) is 11.1 Å². The Morgan fingerprint density at radius 1 is 1.17 bits per heavy atom. The molecule has 2 aromatic carbocycles. The van der Waals surface area contributed by atoms with Crippen LogP contribution in [0.25, 0.3) is 0 Å². The zero-order chi connectivity index (χ0) is 22.5. The summed E-state index contributed by atoms with van der Waals surface area (Å²) in [6, 6.07) is 11.1. The summed E-state index contributed by atoms with van der Waals surface area (Å²) in [5.41, 5.74) is 1.57. The third-order valence-corrected chi connectivity index (χ3v) is 5.80. The van der Waals surface area contributed by atoms with E-state index in [-0.39, 0.29) is 11.4 Å². The average molecular weight is 431 g/mol. The van der Waals surface area contributed by atoms with Crippen LogP contribution in [0.1, 0.15) is 37.5 Å². The van der Waals surface area contributed by atoms with Crippen LogP contribution in [0.15, 0.2) is 41.3 Å². The van der Waals surface area contributed by atoms with Gasteiger partial charge in [0.15, 0.2) is 0 Å². The van der Waals surface area contributed by atoms with Gasteiger partial charge in [0.1, 0.15) is 11.8 Å². The molecule has 0 fully saturated rings. The number of amides is 2. The summed E-state index contributed by atoms with van der Waals surface area (Å²) in [6.45, 7) is 7.21. The average Bonchev–Trinajstić information content (AvgIpc) is 2.65. The number of benzene rings is 2. The third kappa shape index (κ3) is 6.20. The van der Waals surface area contributed by atoms with E-state index in [1.54, 1.807) is 52.0 Å². The van der Waals surface area contributed by atoms with Crippen LogP contribution < -0.4 is 20.1 Å². The number of hydrogen-bond acceptors (Lipinski definition) is 5. The van der Waals surface area contributed by atoms with Gasteiger partial charge in [0.05, 0.1) is 17.6 Å². The number of nitriles is 1. The molecule has 0 aliphatic rings. The molecule has 2 aromatic rings. The molecule has 0 unspecified atom stereocenters. The lowest BCUT2D eigenvalue weighted by molar-refractivity contribution is 0.251. The predicted octanol–water partition coefficient (Wildman–Crippen LogP) is 3.27. The topological polar surface area (TPSA) is 120 Å². The molecule has 0 aliphatic heterocycles. The molecule has 30 heavy (non-hydrogen) atoms. The van der Waals surface area contributed by atoms with Crippen molar-refractivity contribution in [3.63, 3.8) is 0 Å². The Morgan fingerprint density at radius 3 is 2.47 bits per heavy atom. The Bertz CT molecular complexity index is 1080. The number of methoxy groups -OCH3 is 1. The van der Waals surface area contributed by atoms with Gasteiger partial charge in [-0.15, -0.1) is 0 Å². The molecule has 0 aromatic heterocycles. The van der Waals surface area contributed by atoms with Crippen molar-refractivity contribution in [1.29, 1.82) is 5.26 Å². The third-order valence-electron chi connectivity index (χ3n) is 4.05. The molecule has 160 valence electrons. The van der Waals surface area contributed by atoms with Crippen molar-refractivity contribution >= 4 is 21.7 Å². The molecule has 2 rings (SSSR count). The maximum Gasteiger partial charge on any atom is 0.319 e. The van der Waals surface area contributed by atoms with Crippen LogP contribution in [0.3, 0.4) is 0 Å². The molecule has 2 amide bonds. The fourth-order valence-electron chi connectivity index (χ4n) is 2.67. The van der Waals surface area contributed by atoms with E-state index in [4.69, 9.17) is 10.00 Å². The van der Waals surface area contributed by atoms with E-state index in [9.17, 15) is 13.2 Å². The molecule has 3 N–H and O–H groups in total. The van der Waals surface area contributed by atoms with Gasteiger partial charge < -0.3 is 15.4 Å². The van der Waals surface area contributed by atoms with E-state index < -0.39 is 21.6 Å². The molecule has 9 heteroatoms. The van der Waals surface area contributed by atoms with Gasteiger partial charge >= 0.3 is 6.03 Å². The zero-order valence-electron chi connectivity index (χ0n) is 17.7. The van der Waals surface area contributed by atoms with Crippen LogP contribution in [0.4, 0.5) is 10.5 Å². The summed E-state index contributed by atoms with van der Waals surface area (Å²) in [4.78, 5) is 12.4. The Labute approximate surface area is 177 Å². The summed E-state index contributed by atoms with van der Waals surface area (Å²) < 4.78 is 32.8. The SMILES string of the molecule is COc1ccc(CNC(=O)Nc2cc(S(=O)(=O)NC(C)(C)C)ccc2C)cc1C#N. The van der Waals surface area contributed by atoms with Gasteiger partial charge in [-0.05, 0) is 63.1 Å². The van der Waals surface area contributed by atoms with Gasteiger partial charge in [0.2, 0.25) is 10.0 Å². The van der Waals surface area contributed by atoms with Gasteiger partial charge in [0, 0.05) is 17.8 Å². The number of hydrogen-bond donors (Lipinski definition) is 3. The normalized spacial score (nSPS) is 11.5. The van der Waals surface area contributed by atoms with Crippen molar-refractivity contribution < 1.29 is 17.9 Å². The first-order valence-corrected chi connectivity index (χ1v) is 10.7. The predicted molar refractivity (Wildman–Crippen MR) is 115 cm³/mol. The van der Waals surface area contributed by atoms with Gasteiger partial charge in [-0.25, -0.2) is 17.9 Å². The number of rotatable bonds is 6. The lowest BCUT2D eigenvalue weighted by atomic mass is 10.1. The second kappa shape index (κ2) is 9.15. The fourth-order valence-corrected chi connectivity index (χ4v) is 4.11. The highest BCUT2D eigenvalue weighted by Crippen LogP contribution is 2.22. The number of anilines is 1. The zero-order valence-corrected chi connectivity index (χ0v) is 18.5. The molecular formula is C21H26N4O4S. The summed E-state index contributed by atoms with van der Waals surface area (Å²) in [5, 5.41) is 14.5. The number of urea groups is 1. The highest BCUT2D eigenvalue weighted by atomic mass is 32.2. The van der Waals surface area contributed by atoms with Crippen LogP contribution in [-0.2, 0) is 16.6 Å². The molecule has 0 saturated carbocycles.